The van der Waals surface area contributed by atoms with Crippen LogP contribution in [0.3, 0.4) is 0 Å². The average molecular weight is 312 g/mol. The summed E-state index contributed by atoms with van der Waals surface area (Å²) < 4.78 is 5.13. The van der Waals surface area contributed by atoms with Crippen LogP contribution in [0.4, 0.5) is 0 Å². The van der Waals surface area contributed by atoms with Gasteiger partial charge in [0.2, 0.25) is 5.75 Å². The molecule has 0 saturated carbocycles. The molecule has 0 spiro atoms. The summed E-state index contributed by atoms with van der Waals surface area (Å²) in [7, 11) is 0. The largest absolute Gasteiger partial charge is 0.504 e. The molecule has 0 unspecified atom stereocenters. The first-order chi connectivity index (χ1) is 11.0. The molecule has 0 bridgehead atoms. The number of aromatic hydroxyl groups is 3. The smallest absolute Gasteiger partial charge is 0.290 e. The SMILES string of the molecule is Cc1oc(O)c2ccccc2ccccccc(O)c(=O)c1O. The zero-order chi connectivity index (χ0) is 16.8. The molecule has 1 aromatic carbocycles. The molecule has 1 heterocycles. The Morgan fingerprint density at radius 1 is 0.826 bits per heavy atom. The van der Waals surface area contributed by atoms with Gasteiger partial charge in [-0.1, -0.05) is 48.5 Å². The van der Waals surface area contributed by atoms with Crippen LogP contribution in [-0.2, 0) is 0 Å². The fourth-order valence-corrected chi connectivity index (χ4v) is 1.88. The molecule has 2 aromatic rings. The second-order valence-electron chi connectivity index (χ2n) is 4.72. The Kier molecular flexibility index (Phi) is 5.04. The van der Waals surface area contributed by atoms with Crippen LogP contribution in [-0.4, -0.2) is 15.3 Å². The van der Waals surface area contributed by atoms with Crippen LogP contribution in [0.1, 0.15) is 5.76 Å². The molecule has 0 amide bonds. The van der Waals surface area contributed by atoms with Gasteiger partial charge in [0.05, 0.1) is 5.39 Å². The number of aryl methyl sites for hydroxylation is 1. The zero-order valence-corrected chi connectivity index (χ0v) is 12.4. The van der Waals surface area contributed by atoms with E-state index in [9.17, 15) is 20.1 Å². The normalized spacial score (nSPS) is 9.78. The summed E-state index contributed by atoms with van der Waals surface area (Å²) in [4.78, 5) is 11.8. The van der Waals surface area contributed by atoms with Crippen LogP contribution >= 0.6 is 0 Å². The second-order valence-corrected chi connectivity index (χ2v) is 4.72. The van der Waals surface area contributed by atoms with Crippen LogP contribution in [0.15, 0.2) is 69.9 Å². The summed E-state index contributed by atoms with van der Waals surface area (Å²) >= 11 is 0. The maximum atomic E-state index is 11.8. The number of benzene rings is 1. The molecule has 0 saturated heterocycles. The van der Waals surface area contributed by atoms with E-state index in [0.29, 0.717) is 10.8 Å². The molecule has 118 valence electrons. The number of rotatable bonds is 0. The first-order valence-corrected chi connectivity index (χ1v) is 6.85. The number of hydrogen-bond donors (Lipinski definition) is 3. The molecular formula is C18H16O5. The van der Waals surface area contributed by atoms with Crippen molar-refractivity contribution in [3.8, 4) is 17.4 Å². The lowest BCUT2D eigenvalue weighted by molar-refractivity contribution is 0.310. The first-order valence-electron chi connectivity index (χ1n) is 6.85. The molecule has 0 atom stereocenters. The van der Waals surface area contributed by atoms with Gasteiger partial charge < -0.3 is 19.7 Å². The molecule has 5 nitrogen and oxygen atoms in total. The molecule has 1 aromatic heterocycles. The summed E-state index contributed by atoms with van der Waals surface area (Å²) in [6.07, 6.45) is 0. The zero-order valence-electron chi connectivity index (χ0n) is 12.4. The summed E-state index contributed by atoms with van der Waals surface area (Å²) in [5.41, 5.74) is -0.999. The molecule has 0 aliphatic carbocycles. The third kappa shape index (κ3) is 3.91. The van der Waals surface area contributed by atoms with E-state index in [-0.39, 0.29) is 5.76 Å². The highest BCUT2D eigenvalue weighted by molar-refractivity contribution is 5.84. The quantitative estimate of drug-likeness (QED) is 0.693. The Labute approximate surface area is 132 Å². The van der Waals surface area contributed by atoms with Gasteiger partial charge in [-0.15, -0.1) is 0 Å². The molecule has 2 rings (SSSR count). The highest BCUT2D eigenvalue weighted by Gasteiger charge is 2.04. The second kappa shape index (κ2) is 7.17. The molecule has 0 aliphatic heterocycles. The standard InChI is InChI=1S/C18H16O5/c1-12-16(20)17(21)15(19)11-5-3-2-4-8-13-9-6-7-10-14(13)18(22)23-12/h2-11,19-20,22H,1H3. The first kappa shape index (κ1) is 16.2. The van der Waals surface area contributed by atoms with Gasteiger partial charge in [-0.25, -0.2) is 0 Å². The summed E-state index contributed by atoms with van der Waals surface area (Å²) in [6, 6.07) is 16.4. The number of hydrogen-bond acceptors (Lipinski definition) is 5. The average Bonchev–Trinajstić information content (AvgIpc) is 2.55. The van der Waals surface area contributed by atoms with Crippen molar-refractivity contribution >= 4 is 10.8 Å². The van der Waals surface area contributed by atoms with E-state index in [2.05, 4.69) is 0 Å². The van der Waals surface area contributed by atoms with Gasteiger partial charge in [-0.2, -0.15) is 0 Å². The molecule has 3 N–H and O–H groups in total. The predicted molar refractivity (Wildman–Crippen MR) is 87.5 cm³/mol. The van der Waals surface area contributed by atoms with E-state index < -0.39 is 22.9 Å². The molecule has 0 radical (unpaired) electrons. The lowest BCUT2D eigenvalue weighted by Crippen LogP contribution is -1.97. The van der Waals surface area contributed by atoms with Crippen LogP contribution in [0.25, 0.3) is 10.8 Å². The third-order valence-electron chi connectivity index (χ3n) is 3.09. The van der Waals surface area contributed by atoms with Gasteiger partial charge in [-0.05, 0) is 24.4 Å². The predicted octanol–water partition coefficient (Wildman–Crippen LogP) is 3.47. The van der Waals surface area contributed by atoms with E-state index in [1.165, 1.54) is 13.0 Å². The van der Waals surface area contributed by atoms with Gasteiger partial charge in [0.15, 0.2) is 11.5 Å². The van der Waals surface area contributed by atoms with Crippen LogP contribution in [0.2, 0.25) is 0 Å². The third-order valence-corrected chi connectivity index (χ3v) is 3.09. The summed E-state index contributed by atoms with van der Waals surface area (Å²) in [6.45, 7) is 1.31. The van der Waals surface area contributed by atoms with Crippen molar-refractivity contribution in [2.45, 2.75) is 6.92 Å². The van der Waals surface area contributed by atoms with Crippen LogP contribution in [0.5, 0.6) is 17.4 Å². The van der Waals surface area contributed by atoms with Gasteiger partial charge in [-0.3, -0.25) is 4.79 Å². The van der Waals surface area contributed by atoms with Gasteiger partial charge in [0.25, 0.3) is 11.4 Å². The van der Waals surface area contributed by atoms with Crippen molar-refractivity contribution < 1.29 is 19.7 Å². The molecule has 23 heavy (non-hydrogen) atoms. The summed E-state index contributed by atoms with van der Waals surface area (Å²) in [5, 5.41) is 30.6. The van der Waals surface area contributed by atoms with Crippen LogP contribution in [0, 0.1) is 6.92 Å². The fourth-order valence-electron chi connectivity index (χ4n) is 1.88. The highest BCUT2D eigenvalue weighted by Crippen LogP contribution is 2.23. The minimum absolute atomic E-state index is 0.223. The molecule has 0 aliphatic rings. The van der Waals surface area contributed by atoms with Crippen molar-refractivity contribution in [1.82, 2.24) is 0 Å². The number of fused-ring (bicyclic) bond motifs is 1. The molecular weight excluding hydrogens is 296 g/mol. The minimum atomic E-state index is -0.999. The van der Waals surface area contributed by atoms with Gasteiger partial charge >= 0.3 is 0 Å². The topological polar surface area (TPSA) is 90.9 Å². The highest BCUT2D eigenvalue weighted by atomic mass is 16.5. The van der Waals surface area contributed by atoms with Crippen molar-refractivity contribution in [3.05, 3.63) is 76.6 Å². The lowest BCUT2D eigenvalue weighted by atomic mass is 10.2. The Hall–Kier alpha value is -3.21. The van der Waals surface area contributed by atoms with Crippen molar-refractivity contribution in [2.24, 2.45) is 0 Å². The van der Waals surface area contributed by atoms with E-state index >= 15 is 0 Å². The Bertz CT molecular complexity index is 897. The van der Waals surface area contributed by atoms with E-state index in [1.54, 1.807) is 48.5 Å². The van der Waals surface area contributed by atoms with Gasteiger partial charge in [0, 0.05) is 0 Å². The Morgan fingerprint density at radius 2 is 1.39 bits per heavy atom. The van der Waals surface area contributed by atoms with Crippen molar-refractivity contribution in [2.75, 3.05) is 0 Å². The Morgan fingerprint density at radius 3 is 2.09 bits per heavy atom. The van der Waals surface area contributed by atoms with E-state index in [4.69, 9.17) is 4.42 Å². The van der Waals surface area contributed by atoms with Crippen molar-refractivity contribution in [3.63, 3.8) is 0 Å². The van der Waals surface area contributed by atoms with E-state index in [0.717, 1.165) is 6.07 Å². The van der Waals surface area contributed by atoms with E-state index in [1.807, 2.05) is 0 Å². The fraction of sp³-hybridized carbons (Fsp3) is 0.0556. The maximum absolute atomic E-state index is 11.8. The van der Waals surface area contributed by atoms with Crippen LogP contribution < -0.4 is 5.43 Å². The maximum Gasteiger partial charge on any atom is 0.290 e. The lowest BCUT2D eigenvalue weighted by Gasteiger charge is -1.97. The molecule has 0 fully saturated rings. The monoisotopic (exact) mass is 312 g/mol. The summed E-state index contributed by atoms with van der Waals surface area (Å²) in [5.74, 6) is -2.11. The molecule has 5 heteroatoms. The Balaban J connectivity index is 2.98. The van der Waals surface area contributed by atoms with Gasteiger partial charge in [0.1, 0.15) is 0 Å². The minimum Gasteiger partial charge on any atom is -0.504 e. The van der Waals surface area contributed by atoms with Crippen molar-refractivity contribution in [1.29, 1.82) is 0 Å².